The highest BCUT2D eigenvalue weighted by Gasteiger charge is 2.34. The first kappa shape index (κ1) is 10.7. The summed E-state index contributed by atoms with van der Waals surface area (Å²) in [5, 5.41) is 9.97. The van der Waals surface area contributed by atoms with Crippen molar-refractivity contribution in [2.75, 3.05) is 0 Å². The molecule has 1 aromatic carbocycles. The molecule has 0 heterocycles. The molecular weight excluding hydrogens is 186 g/mol. The van der Waals surface area contributed by atoms with E-state index in [1.54, 1.807) is 0 Å². The van der Waals surface area contributed by atoms with Gasteiger partial charge in [-0.25, -0.2) is 0 Å². The molecule has 82 valence electrons. The third kappa shape index (κ3) is 2.39. The van der Waals surface area contributed by atoms with E-state index < -0.39 is 0 Å². The van der Waals surface area contributed by atoms with E-state index in [9.17, 15) is 5.11 Å². The number of benzene rings is 1. The predicted molar refractivity (Wildman–Crippen MR) is 61.6 cm³/mol. The van der Waals surface area contributed by atoms with Crippen molar-refractivity contribution < 1.29 is 5.11 Å². The van der Waals surface area contributed by atoms with E-state index in [-0.39, 0.29) is 12.1 Å². The lowest BCUT2D eigenvalue weighted by molar-refractivity contribution is 0.122. The molecular formula is C13H19NO. The Morgan fingerprint density at radius 3 is 2.20 bits per heavy atom. The van der Waals surface area contributed by atoms with Crippen molar-refractivity contribution in [1.82, 2.24) is 0 Å². The summed E-state index contributed by atoms with van der Waals surface area (Å²) in [5.74, 6) is 0.431. The molecule has 2 heteroatoms. The Morgan fingerprint density at radius 2 is 1.73 bits per heavy atom. The average molecular weight is 205 g/mol. The smallest absolute Gasteiger partial charge is 0.0760 e. The van der Waals surface area contributed by atoms with Crippen molar-refractivity contribution >= 4 is 0 Å². The molecule has 3 N–H and O–H groups in total. The minimum absolute atomic E-state index is 0.226. The van der Waals surface area contributed by atoms with Crippen LogP contribution in [0.5, 0.6) is 0 Å². The minimum Gasteiger partial charge on any atom is -0.391 e. The molecule has 2 atom stereocenters. The highest BCUT2D eigenvalue weighted by molar-refractivity contribution is 5.31. The maximum absolute atomic E-state index is 9.97. The molecule has 0 spiro atoms. The molecule has 1 aromatic rings. The van der Waals surface area contributed by atoms with E-state index in [0.717, 1.165) is 18.4 Å². The topological polar surface area (TPSA) is 46.2 Å². The summed E-state index contributed by atoms with van der Waals surface area (Å²) >= 11 is 0. The largest absolute Gasteiger partial charge is 0.391 e. The van der Waals surface area contributed by atoms with Crippen molar-refractivity contribution in [2.45, 2.75) is 38.8 Å². The lowest BCUT2D eigenvalue weighted by atomic mass is 9.96. The Balaban J connectivity index is 2.19. The minimum atomic E-state index is -0.369. The Labute approximate surface area is 91.1 Å². The van der Waals surface area contributed by atoms with Crippen LogP contribution in [0.1, 0.15) is 35.6 Å². The second-order valence-electron chi connectivity index (χ2n) is 4.77. The zero-order chi connectivity index (χ0) is 11.0. The van der Waals surface area contributed by atoms with Gasteiger partial charge in [0.15, 0.2) is 0 Å². The van der Waals surface area contributed by atoms with E-state index in [4.69, 9.17) is 5.73 Å². The molecule has 1 aliphatic carbocycles. The lowest BCUT2D eigenvalue weighted by Gasteiger charge is -2.19. The number of aryl methyl sites for hydroxylation is 2. The van der Waals surface area contributed by atoms with Gasteiger partial charge >= 0.3 is 0 Å². The van der Waals surface area contributed by atoms with E-state index in [0.29, 0.717) is 5.92 Å². The quantitative estimate of drug-likeness (QED) is 0.793. The third-order valence-corrected chi connectivity index (χ3v) is 3.10. The van der Waals surface area contributed by atoms with Gasteiger partial charge < -0.3 is 10.8 Å². The van der Waals surface area contributed by atoms with Gasteiger partial charge in [0.05, 0.1) is 12.1 Å². The van der Waals surface area contributed by atoms with Crippen LogP contribution in [0, 0.1) is 19.8 Å². The number of rotatable bonds is 3. The van der Waals surface area contributed by atoms with Crippen LogP contribution in [0.4, 0.5) is 0 Å². The van der Waals surface area contributed by atoms with E-state index in [2.05, 4.69) is 32.0 Å². The summed E-state index contributed by atoms with van der Waals surface area (Å²) in [6.07, 6.45) is 1.88. The maximum atomic E-state index is 9.97. The lowest BCUT2D eigenvalue weighted by Crippen LogP contribution is -2.28. The summed E-state index contributed by atoms with van der Waals surface area (Å²) in [7, 11) is 0. The molecule has 0 unspecified atom stereocenters. The van der Waals surface area contributed by atoms with Crippen LogP contribution in [0.3, 0.4) is 0 Å². The summed E-state index contributed by atoms with van der Waals surface area (Å²) in [6.45, 7) is 4.12. The molecule has 0 bridgehead atoms. The van der Waals surface area contributed by atoms with Gasteiger partial charge in [-0.15, -0.1) is 0 Å². The van der Waals surface area contributed by atoms with Gasteiger partial charge in [0.25, 0.3) is 0 Å². The number of aliphatic hydroxyl groups is 1. The fourth-order valence-corrected chi connectivity index (χ4v) is 2.13. The highest BCUT2D eigenvalue weighted by Crippen LogP contribution is 2.37. The summed E-state index contributed by atoms with van der Waals surface area (Å²) in [6, 6.07) is 6.04. The first-order valence-electron chi connectivity index (χ1n) is 5.60. The van der Waals surface area contributed by atoms with Crippen LogP contribution in [-0.4, -0.2) is 11.2 Å². The zero-order valence-corrected chi connectivity index (χ0v) is 9.40. The van der Waals surface area contributed by atoms with Gasteiger partial charge in [-0.3, -0.25) is 0 Å². The van der Waals surface area contributed by atoms with Gasteiger partial charge in [0.1, 0.15) is 0 Å². The van der Waals surface area contributed by atoms with E-state index >= 15 is 0 Å². The maximum Gasteiger partial charge on any atom is 0.0760 e. The van der Waals surface area contributed by atoms with Crippen LogP contribution in [-0.2, 0) is 0 Å². The standard InChI is InChI=1S/C13H19NO/c1-8-5-9(2)7-11(6-8)12(14)13(15)10-3-4-10/h5-7,10,12-13,15H,3-4,14H2,1-2H3/t12-,13+/m1/s1. The monoisotopic (exact) mass is 205 g/mol. The van der Waals surface area contributed by atoms with Crippen molar-refractivity contribution in [3.05, 3.63) is 34.9 Å². The SMILES string of the molecule is Cc1cc(C)cc([C@@H](N)[C@@H](O)C2CC2)c1. The van der Waals surface area contributed by atoms with Crippen LogP contribution in [0.2, 0.25) is 0 Å². The van der Waals surface area contributed by atoms with Crippen LogP contribution in [0.25, 0.3) is 0 Å². The van der Waals surface area contributed by atoms with Gasteiger partial charge in [-0.2, -0.15) is 0 Å². The van der Waals surface area contributed by atoms with Crippen molar-refractivity contribution in [2.24, 2.45) is 11.7 Å². The molecule has 1 fully saturated rings. The van der Waals surface area contributed by atoms with Crippen LogP contribution in [0.15, 0.2) is 18.2 Å². The second-order valence-corrected chi connectivity index (χ2v) is 4.77. The first-order valence-corrected chi connectivity index (χ1v) is 5.60. The van der Waals surface area contributed by atoms with Crippen molar-refractivity contribution in [3.63, 3.8) is 0 Å². The fourth-order valence-electron chi connectivity index (χ4n) is 2.13. The third-order valence-electron chi connectivity index (χ3n) is 3.10. The highest BCUT2D eigenvalue weighted by atomic mass is 16.3. The molecule has 0 aromatic heterocycles. The van der Waals surface area contributed by atoms with Gasteiger partial charge in [0.2, 0.25) is 0 Å². The van der Waals surface area contributed by atoms with Crippen LogP contribution >= 0.6 is 0 Å². The molecule has 0 saturated heterocycles. The molecule has 1 aliphatic rings. The fraction of sp³-hybridized carbons (Fsp3) is 0.538. The van der Waals surface area contributed by atoms with Crippen molar-refractivity contribution in [1.29, 1.82) is 0 Å². The summed E-state index contributed by atoms with van der Waals surface area (Å²) in [5.41, 5.74) is 9.55. The molecule has 1 saturated carbocycles. The first-order chi connectivity index (χ1) is 7.08. The number of aliphatic hydroxyl groups excluding tert-OH is 1. The van der Waals surface area contributed by atoms with E-state index in [1.807, 2.05) is 0 Å². The van der Waals surface area contributed by atoms with E-state index in [1.165, 1.54) is 11.1 Å². The Hall–Kier alpha value is -0.860. The van der Waals surface area contributed by atoms with Gasteiger partial charge in [-0.05, 0) is 38.2 Å². The molecule has 15 heavy (non-hydrogen) atoms. The molecule has 0 amide bonds. The number of hydrogen-bond donors (Lipinski definition) is 2. The normalized spacial score (nSPS) is 20.0. The molecule has 0 aliphatic heterocycles. The average Bonchev–Trinajstić information content (AvgIpc) is 2.97. The second kappa shape index (κ2) is 3.95. The van der Waals surface area contributed by atoms with Crippen molar-refractivity contribution in [3.8, 4) is 0 Å². The Bertz CT molecular complexity index is 337. The Kier molecular flexibility index (Phi) is 2.81. The summed E-state index contributed by atoms with van der Waals surface area (Å²) in [4.78, 5) is 0. The molecule has 0 radical (unpaired) electrons. The molecule has 2 nitrogen and oxygen atoms in total. The van der Waals surface area contributed by atoms with Gasteiger partial charge in [-0.1, -0.05) is 29.3 Å². The number of nitrogens with two attached hydrogens (primary N) is 1. The molecule has 2 rings (SSSR count). The predicted octanol–water partition coefficient (Wildman–Crippen LogP) is 2.07. The Morgan fingerprint density at radius 1 is 1.20 bits per heavy atom. The number of hydrogen-bond acceptors (Lipinski definition) is 2. The van der Waals surface area contributed by atoms with Crippen LogP contribution < -0.4 is 5.73 Å². The van der Waals surface area contributed by atoms with Gasteiger partial charge in [0, 0.05) is 0 Å². The zero-order valence-electron chi connectivity index (χ0n) is 9.40. The summed E-state index contributed by atoms with van der Waals surface area (Å²) < 4.78 is 0.